The van der Waals surface area contributed by atoms with Gasteiger partial charge in [0, 0.05) is 36.2 Å². The molecule has 1 heterocycles. The lowest BCUT2D eigenvalue weighted by molar-refractivity contribution is 0.296. The predicted octanol–water partition coefficient (Wildman–Crippen LogP) is 5.76. The molecule has 3 heteroatoms. The molecule has 34 heavy (non-hydrogen) atoms. The number of para-hydroxylation sites is 1. The number of benzene rings is 3. The van der Waals surface area contributed by atoms with Crippen LogP contribution in [0.2, 0.25) is 0 Å². The van der Waals surface area contributed by atoms with Gasteiger partial charge in [0.1, 0.15) is 5.75 Å². The van der Waals surface area contributed by atoms with Gasteiger partial charge in [-0.3, -0.25) is 0 Å². The van der Waals surface area contributed by atoms with Crippen molar-refractivity contribution < 1.29 is 4.74 Å². The SMILES string of the molecule is COc1ccccc1CNC1C(C(c2ccccc2)c2ccccc2)NC2CCCC3C(C2)C31. The Morgan fingerprint density at radius 3 is 2.24 bits per heavy atom. The van der Waals surface area contributed by atoms with Crippen LogP contribution in [0.5, 0.6) is 5.75 Å². The van der Waals surface area contributed by atoms with Crippen molar-refractivity contribution in [2.24, 2.45) is 17.8 Å². The zero-order valence-electron chi connectivity index (χ0n) is 20.1. The van der Waals surface area contributed by atoms with Crippen molar-refractivity contribution >= 4 is 0 Å². The molecule has 0 spiro atoms. The molecule has 2 bridgehead atoms. The zero-order chi connectivity index (χ0) is 22.9. The maximum atomic E-state index is 5.67. The summed E-state index contributed by atoms with van der Waals surface area (Å²) in [7, 11) is 1.77. The van der Waals surface area contributed by atoms with E-state index in [1.54, 1.807) is 7.11 Å². The van der Waals surface area contributed by atoms with Crippen LogP contribution in [-0.2, 0) is 6.54 Å². The van der Waals surface area contributed by atoms with E-state index in [0.29, 0.717) is 24.0 Å². The summed E-state index contributed by atoms with van der Waals surface area (Å²) in [5.74, 6) is 3.80. The molecule has 6 atom stereocenters. The summed E-state index contributed by atoms with van der Waals surface area (Å²) in [5, 5.41) is 8.31. The number of nitrogens with one attached hydrogen (secondary N) is 2. The van der Waals surface area contributed by atoms with Crippen LogP contribution in [0.3, 0.4) is 0 Å². The fourth-order valence-corrected chi connectivity index (χ4v) is 7.13. The molecule has 6 rings (SSSR count). The molecule has 176 valence electrons. The lowest BCUT2D eigenvalue weighted by Gasteiger charge is -2.37. The van der Waals surface area contributed by atoms with E-state index in [1.807, 2.05) is 0 Å². The van der Waals surface area contributed by atoms with Crippen molar-refractivity contribution in [1.82, 2.24) is 10.6 Å². The minimum absolute atomic E-state index is 0.318. The second-order valence-corrected chi connectivity index (χ2v) is 10.5. The fourth-order valence-electron chi connectivity index (χ4n) is 7.13. The van der Waals surface area contributed by atoms with Crippen molar-refractivity contribution in [3.05, 3.63) is 102 Å². The molecule has 3 nitrogen and oxygen atoms in total. The summed E-state index contributed by atoms with van der Waals surface area (Å²) in [4.78, 5) is 0. The number of hydrogen-bond donors (Lipinski definition) is 2. The average Bonchev–Trinajstić information content (AvgIpc) is 3.61. The van der Waals surface area contributed by atoms with Crippen LogP contribution < -0.4 is 15.4 Å². The first-order valence-corrected chi connectivity index (χ1v) is 13.0. The molecule has 3 aromatic carbocycles. The van der Waals surface area contributed by atoms with Gasteiger partial charge in [-0.25, -0.2) is 0 Å². The summed E-state index contributed by atoms with van der Waals surface area (Å²) in [6.45, 7) is 0.837. The number of hydrogen-bond acceptors (Lipinski definition) is 3. The Hall–Kier alpha value is -2.62. The lowest BCUT2D eigenvalue weighted by atomic mass is 9.80. The zero-order valence-corrected chi connectivity index (χ0v) is 20.1. The van der Waals surface area contributed by atoms with Gasteiger partial charge >= 0.3 is 0 Å². The molecule has 3 fully saturated rings. The van der Waals surface area contributed by atoms with Crippen LogP contribution in [-0.4, -0.2) is 25.2 Å². The van der Waals surface area contributed by atoms with Crippen LogP contribution in [0.4, 0.5) is 0 Å². The highest BCUT2D eigenvalue weighted by Crippen LogP contribution is 2.59. The molecule has 2 N–H and O–H groups in total. The highest BCUT2D eigenvalue weighted by Gasteiger charge is 2.59. The van der Waals surface area contributed by atoms with Crippen molar-refractivity contribution in [2.45, 2.75) is 56.3 Å². The Morgan fingerprint density at radius 1 is 0.853 bits per heavy atom. The highest BCUT2D eigenvalue weighted by molar-refractivity contribution is 5.37. The number of ether oxygens (including phenoxy) is 1. The minimum Gasteiger partial charge on any atom is -0.496 e. The predicted molar refractivity (Wildman–Crippen MR) is 138 cm³/mol. The lowest BCUT2D eigenvalue weighted by Crippen LogP contribution is -2.54. The van der Waals surface area contributed by atoms with E-state index in [0.717, 1.165) is 30.0 Å². The van der Waals surface area contributed by atoms with Gasteiger partial charge in [0.05, 0.1) is 7.11 Å². The first-order chi connectivity index (χ1) is 16.8. The van der Waals surface area contributed by atoms with Gasteiger partial charge in [0.25, 0.3) is 0 Å². The van der Waals surface area contributed by atoms with E-state index in [9.17, 15) is 0 Å². The Balaban J connectivity index is 1.39. The van der Waals surface area contributed by atoms with Gasteiger partial charge in [-0.1, -0.05) is 85.3 Å². The van der Waals surface area contributed by atoms with Crippen molar-refractivity contribution in [3.63, 3.8) is 0 Å². The van der Waals surface area contributed by atoms with Gasteiger partial charge in [0.2, 0.25) is 0 Å². The Morgan fingerprint density at radius 2 is 1.53 bits per heavy atom. The second-order valence-electron chi connectivity index (χ2n) is 10.5. The third-order valence-corrected chi connectivity index (χ3v) is 8.67. The monoisotopic (exact) mass is 452 g/mol. The average molecular weight is 453 g/mol. The summed E-state index contributed by atoms with van der Waals surface area (Å²) in [6, 6.07) is 32.1. The molecule has 1 aliphatic heterocycles. The van der Waals surface area contributed by atoms with Gasteiger partial charge < -0.3 is 15.4 Å². The molecule has 0 radical (unpaired) electrons. The van der Waals surface area contributed by atoms with Gasteiger partial charge in [-0.15, -0.1) is 0 Å². The van der Waals surface area contributed by atoms with Gasteiger partial charge in [0.15, 0.2) is 0 Å². The topological polar surface area (TPSA) is 33.3 Å². The molecule has 2 aliphatic carbocycles. The van der Waals surface area contributed by atoms with Crippen LogP contribution in [0.25, 0.3) is 0 Å². The van der Waals surface area contributed by atoms with Crippen LogP contribution in [0, 0.1) is 17.8 Å². The maximum absolute atomic E-state index is 5.67. The first-order valence-electron chi connectivity index (χ1n) is 13.0. The summed E-state index contributed by atoms with van der Waals surface area (Å²) < 4.78 is 5.67. The third kappa shape index (κ3) is 4.16. The standard InChI is InChI=1S/C31H36N2O/c1-34-27-18-9-8-15-23(27)20-32-30-29-25-17-10-16-24(19-26(25)29)33-31(30)28(21-11-4-2-5-12-21)22-13-6-3-7-14-22/h2-9,11-15,18,24-26,28-33H,10,16-17,19-20H2,1H3. The van der Waals surface area contributed by atoms with E-state index in [2.05, 4.69) is 95.6 Å². The summed E-state index contributed by atoms with van der Waals surface area (Å²) >= 11 is 0. The molecule has 0 aromatic heterocycles. The Labute approximate surface area is 203 Å². The van der Waals surface area contributed by atoms with Crippen LogP contribution in [0.1, 0.15) is 48.3 Å². The van der Waals surface area contributed by atoms with Gasteiger partial charge in [-0.2, -0.15) is 0 Å². The van der Waals surface area contributed by atoms with Crippen molar-refractivity contribution in [3.8, 4) is 5.75 Å². The molecular formula is C31H36N2O. The number of fused-ring (bicyclic) bond motifs is 2. The van der Waals surface area contributed by atoms with E-state index in [4.69, 9.17) is 4.74 Å². The third-order valence-electron chi connectivity index (χ3n) is 8.67. The van der Waals surface area contributed by atoms with Crippen molar-refractivity contribution in [1.29, 1.82) is 0 Å². The molecular weight excluding hydrogens is 416 g/mol. The van der Waals surface area contributed by atoms with E-state index < -0.39 is 0 Å². The maximum Gasteiger partial charge on any atom is 0.123 e. The molecule has 2 saturated carbocycles. The highest BCUT2D eigenvalue weighted by atomic mass is 16.5. The van der Waals surface area contributed by atoms with Gasteiger partial charge in [-0.05, 0) is 54.2 Å². The molecule has 3 aliphatic rings. The van der Waals surface area contributed by atoms with Crippen LogP contribution in [0.15, 0.2) is 84.9 Å². The smallest absolute Gasteiger partial charge is 0.123 e. The second kappa shape index (κ2) is 9.56. The number of rotatable bonds is 7. The first kappa shape index (κ1) is 21.9. The van der Waals surface area contributed by atoms with E-state index in [-0.39, 0.29) is 0 Å². The number of methoxy groups -OCH3 is 1. The summed E-state index contributed by atoms with van der Waals surface area (Å²) in [6.07, 6.45) is 5.41. The largest absolute Gasteiger partial charge is 0.496 e. The van der Waals surface area contributed by atoms with Crippen LogP contribution >= 0.6 is 0 Å². The molecule has 6 unspecified atom stereocenters. The van der Waals surface area contributed by atoms with E-state index >= 15 is 0 Å². The normalized spacial score (nSPS) is 29.8. The summed E-state index contributed by atoms with van der Waals surface area (Å²) in [5.41, 5.74) is 4.05. The minimum atomic E-state index is 0.318. The molecule has 0 amide bonds. The quantitative estimate of drug-likeness (QED) is 0.478. The van der Waals surface area contributed by atoms with E-state index in [1.165, 1.54) is 42.4 Å². The Bertz CT molecular complexity index is 1050. The Kier molecular flexibility index (Phi) is 6.15. The molecule has 1 saturated heterocycles. The van der Waals surface area contributed by atoms with Crippen molar-refractivity contribution in [2.75, 3.05) is 7.11 Å². The molecule has 3 aromatic rings. The fraction of sp³-hybridized carbons (Fsp3) is 0.419.